The van der Waals surface area contributed by atoms with Crippen LogP contribution in [0, 0.1) is 0 Å². The molecule has 0 amide bonds. The van der Waals surface area contributed by atoms with E-state index in [1.165, 1.54) is 0 Å². The lowest BCUT2D eigenvalue weighted by Crippen LogP contribution is -2.44. The molecule has 68 valence electrons. The van der Waals surface area contributed by atoms with Crippen LogP contribution in [0.15, 0.2) is 0 Å². The average Bonchev–Trinajstić information content (AvgIpc) is 2.05. The summed E-state index contributed by atoms with van der Waals surface area (Å²) in [4.78, 5) is 11.2. The maximum Gasteiger partial charge on any atom is 0.175 e. The number of ketones is 1. The van der Waals surface area contributed by atoms with Crippen LogP contribution in [-0.4, -0.2) is 24.8 Å². The number of rotatable bonds is 0. The van der Waals surface area contributed by atoms with Gasteiger partial charge in [0.2, 0.25) is 0 Å². The van der Waals surface area contributed by atoms with Gasteiger partial charge >= 0.3 is 0 Å². The molecule has 2 saturated heterocycles. The van der Waals surface area contributed by atoms with Crippen LogP contribution in [0.1, 0.15) is 32.1 Å². The topological polar surface area (TPSA) is 35.5 Å². The molecular weight excluding hydrogens is 156 g/mol. The van der Waals surface area contributed by atoms with E-state index in [4.69, 9.17) is 9.47 Å². The van der Waals surface area contributed by atoms with Crippen LogP contribution < -0.4 is 0 Å². The van der Waals surface area contributed by atoms with Crippen molar-refractivity contribution < 1.29 is 14.3 Å². The molecule has 0 aromatic carbocycles. The van der Waals surface area contributed by atoms with Crippen LogP contribution in [-0.2, 0) is 14.3 Å². The summed E-state index contributed by atoms with van der Waals surface area (Å²) in [5, 5.41) is 0. The number of hydrogen-bond acceptors (Lipinski definition) is 3. The number of carbonyl (C=O) groups excluding carboxylic acids is 1. The van der Waals surface area contributed by atoms with Crippen LogP contribution in [0.4, 0.5) is 0 Å². The quantitative estimate of drug-likeness (QED) is 0.549. The summed E-state index contributed by atoms with van der Waals surface area (Å²) in [7, 11) is 0. The SMILES string of the molecule is O=C1CCOC2(CCCCO2)C1. The molecule has 0 saturated carbocycles. The Kier molecular flexibility index (Phi) is 2.15. The van der Waals surface area contributed by atoms with Crippen LogP contribution in [0.5, 0.6) is 0 Å². The van der Waals surface area contributed by atoms with Gasteiger partial charge in [0.15, 0.2) is 5.79 Å². The van der Waals surface area contributed by atoms with Gasteiger partial charge in [-0.05, 0) is 12.8 Å². The maximum atomic E-state index is 11.2. The molecule has 0 aliphatic carbocycles. The second-order valence-electron chi connectivity index (χ2n) is 3.53. The number of hydrogen-bond donors (Lipinski definition) is 0. The van der Waals surface area contributed by atoms with Crippen LogP contribution in [0.2, 0.25) is 0 Å². The standard InChI is InChI=1S/C9H14O3/c10-8-3-6-12-9(7-8)4-1-2-5-11-9/h1-7H2. The van der Waals surface area contributed by atoms with Crippen molar-refractivity contribution in [1.82, 2.24) is 0 Å². The monoisotopic (exact) mass is 170 g/mol. The molecule has 0 N–H and O–H groups in total. The molecule has 2 fully saturated rings. The highest BCUT2D eigenvalue weighted by atomic mass is 16.7. The summed E-state index contributed by atoms with van der Waals surface area (Å²) in [5.41, 5.74) is 0. The molecule has 0 aromatic heterocycles. The average molecular weight is 170 g/mol. The fourth-order valence-electron chi connectivity index (χ4n) is 1.87. The first-order chi connectivity index (χ1) is 5.81. The summed E-state index contributed by atoms with van der Waals surface area (Å²) < 4.78 is 11.1. The lowest BCUT2D eigenvalue weighted by atomic mass is 9.97. The molecule has 0 radical (unpaired) electrons. The largest absolute Gasteiger partial charge is 0.349 e. The van der Waals surface area contributed by atoms with Gasteiger partial charge < -0.3 is 9.47 Å². The molecule has 1 atom stereocenters. The molecule has 1 unspecified atom stereocenters. The van der Waals surface area contributed by atoms with E-state index in [1.807, 2.05) is 0 Å². The van der Waals surface area contributed by atoms with Gasteiger partial charge in [-0.1, -0.05) is 0 Å². The molecule has 3 nitrogen and oxygen atoms in total. The number of carbonyl (C=O) groups is 1. The lowest BCUT2D eigenvalue weighted by molar-refractivity contribution is -0.264. The zero-order valence-electron chi connectivity index (χ0n) is 7.17. The molecule has 1 spiro atoms. The van der Waals surface area contributed by atoms with Gasteiger partial charge in [0.05, 0.1) is 19.6 Å². The first kappa shape index (κ1) is 8.20. The molecule has 2 heterocycles. The molecule has 2 aliphatic rings. The van der Waals surface area contributed by atoms with Crippen molar-refractivity contribution in [1.29, 1.82) is 0 Å². The Labute approximate surface area is 72.0 Å². The van der Waals surface area contributed by atoms with Crippen LogP contribution in [0.3, 0.4) is 0 Å². The Morgan fingerprint density at radius 3 is 2.67 bits per heavy atom. The van der Waals surface area contributed by atoms with Gasteiger partial charge in [-0.3, -0.25) is 4.79 Å². The minimum Gasteiger partial charge on any atom is -0.349 e. The van der Waals surface area contributed by atoms with E-state index in [1.54, 1.807) is 0 Å². The molecule has 0 bridgehead atoms. The van der Waals surface area contributed by atoms with Crippen LogP contribution >= 0.6 is 0 Å². The first-order valence-corrected chi connectivity index (χ1v) is 4.60. The minimum absolute atomic E-state index is 0.281. The Balaban J connectivity index is 2.02. The second kappa shape index (κ2) is 3.15. The summed E-state index contributed by atoms with van der Waals surface area (Å²) in [6.45, 7) is 1.28. The fraction of sp³-hybridized carbons (Fsp3) is 0.889. The molecule has 0 aromatic rings. The van der Waals surface area contributed by atoms with Gasteiger partial charge in [-0.25, -0.2) is 0 Å². The van der Waals surface area contributed by atoms with Crippen LogP contribution in [0.25, 0.3) is 0 Å². The van der Waals surface area contributed by atoms with E-state index in [-0.39, 0.29) is 5.78 Å². The van der Waals surface area contributed by atoms with Crippen molar-refractivity contribution >= 4 is 5.78 Å². The number of Topliss-reactive ketones (excluding diaryl/α,β-unsaturated/α-hetero) is 1. The van der Waals surface area contributed by atoms with E-state index in [9.17, 15) is 4.79 Å². The predicted octanol–water partition coefficient (Wildman–Crippen LogP) is 1.26. The van der Waals surface area contributed by atoms with E-state index < -0.39 is 5.79 Å². The molecule has 12 heavy (non-hydrogen) atoms. The highest BCUT2D eigenvalue weighted by molar-refractivity contribution is 5.80. The van der Waals surface area contributed by atoms with E-state index in [0.717, 1.165) is 25.9 Å². The summed E-state index contributed by atoms with van der Waals surface area (Å²) in [6.07, 6.45) is 4.13. The number of ether oxygens (including phenoxy) is 2. The zero-order chi connectivity index (χ0) is 8.44. The third kappa shape index (κ3) is 1.52. The normalized spacial score (nSPS) is 37.2. The molecule has 3 heteroatoms. The van der Waals surface area contributed by atoms with Gasteiger partial charge in [0, 0.05) is 12.8 Å². The third-order valence-electron chi connectivity index (χ3n) is 2.53. The van der Waals surface area contributed by atoms with Crippen molar-refractivity contribution in [2.24, 2.45) is 0 Å². The summed E-state index contributed by atoms with van der Waals surface area (Å²) >= 11 is 0. The predicted molar refractivity (Wildman–Crippen MR) is 42.7 cm³/mol. The van der Waals surface area contributed by atoms with E-state index in [0.29, 0.717) is 19.4 Å². The van der Waals surface area contributed by atoms with Crippen molar-refractivity contribution in [2.45, 2.75) is 37.9 Å². The molecule has 2 rings (SSSR count). The summed E-state index contributed by atoms with van der Waals surface area (Å²) in [6, 6.07) is 0. The zero-order valence-corrected chi connectivity index (χ0v) is 7.17. The van der Waals surface area contributed by atoms with E-state index >= 15 is 0 Å². The lowest BCUT2D eigenvalue weighted by Gasteiger charge is -2.39. The Hall–Kier alpha value is -0.410. The Bertz CT molecular complexity index is 177. The second-order valence-corrected chi connectivity index (χ2v) is 3.53. The first-order valence-electron chi connectivity index (χ1n) is 4.60. The Morgan fingerprint density at radius 2 is 2.00 bits per heavy atom. The van der Waals surface area contributed by atoms with Crippen molar-refractivity contribution in [3.8, 4) is 0 Å². The highest BCUT2D eigenvalue weighted by Crippen LogP contribution is 2.32. The van der Waals surface area contributed by atoms with E-state index in [2.05, 4.69) is 0 Å². The minimum atomic E-state index is -0.520. The molecular formula is C9H14O3. The van der Waals surface area contributed by atoms with Gasteiger partial charge in [0.1, 0.15) is 5.78 Å². The van der Waals surface area contributed by atoms with Gasteiger partial charge in [-0.15, -0.1) is 0 Å². The van der Waals surface area contributed by atoms with Crippen molar-refractivity contribution in [3.05, 3.63) is 0 Å². The Morgan fingerprint density at radius 1 is 1.17 bits per heavy atom. The maximum absolute atomic E-state index is 11.2. The van der Waals surface area contributed by atoms with Crippen molar-refractivity contribution in [3.63, 3.8) is 0 Å². The third-order valence-corrected chi connectivity index (χ3v) is 2.53. The smallest absolute Gasteiger partial charge is 0.175 e. The summed E-state index contributed by atoms with van der Waals surface area (Å²) in [5.74, 6) is -0.240. The fourth-order valence-corrected chi connectivity index (χ4v) is 1.87. The highest BCUT2D eigenvalue weighted by Gasteiger charge is 2.39. The van der Waals surface area contributed by atoms with Crippen molar-refractivity contribution in [2.75, 3.05) is 13.2 Å². The molecule has 2 aliphatic heterocycles. The van der Waals surface area contributed by atoms with Gasteiger partial charge in [-0.2, -0.15) is 0 Å². The van der Waals surface area contributed by atoms with Gasteiger partial charge in [0.25, 0.3) is 0 Å².